The lowest BCUT2D eigenvalue weighted by molar-refractivity contribution is 0.541. The maximum absolute atomic E-state index is 5.76. The van der Waals surface area contributed by atoms with E-state index in [-0.39, 0.29) is 6.04 Å². The van der Waals surface area contributed by atoms with Gasteiger partial charge in [0, 0.05) is 12.2 Å². The molecular formula is C11H15ClN2. The third-order valence-electron chi connectivity index (χ3n) is 2.12. The maximum atomic E-state index is 5.76. The normalized spacial score (nSPS) is 12.4. The zero-order valence-corrected chi connectivity index (χ0v) is 9.09. The van der Waals surface area contributed by atoms with Crippen molar-refractivity contribution in [1.29, 1.82) is 0 Å². The average molecular weight is 211 g/mol. The first-order valence-electron chi connectivity index (χ1n) is 4.67. The van der Waals surface area contributed by atoms with E-state index in [1.54, 1.807) is 6.20 Å². The first-order valence-corrected chi connectivity index (χ1v) is 5.05. The van der Waals surface area contributed by atoms with Gasteiger partial charge in [-0.3, -0.25) is 4.98 Å². The number of hydrogen-bond acceptors (Lipinski definition) is 2. The van der Waals surface area contributed by atoms with Crippen LogP contribution >= 0.6 is 11.6 Å². The maximum Gasteiger partial charge on any atom is 0.0589 e. The molecule has 1 rings (SSSR count). The highest BCUT2D eigenvalue weighted by molar-refractivity contribution is 6.30. The fraction of sp³-hybridized carbons (Fsp3) is 0.364. The van der Waals surface area contributed by atoms with Gasteiger partial charge in [0.2, 0.25) is 0 Å². The van der Waals surface area contributed by atoms with Gasteiger partial charge in [-0.1, -0.05) is 17.7 Å². The highest BCUT2D eigenvalue weighted by Crippen LogP contribution is 2.17. The van der Waals surface area contributed by atoms with Crippen molar-refractivity contribution >= 4 is 11.6 Å². The quantitative estimate of drug-likeness (QED) is 0.756. The summed E-state index contributed by atoms with van der Waals surface area (Å²) in [7, 11) is 1.93. The number of halogens is 1. The lowest BCUT2D eigenvalue weighted by Gasteiger charge is -2.14. The van der Waals surface area contributed by atoms with Crippen LogP contribution in [0.5, 0.6) is 0 Å². The van der Waals surface area contributed by atoms with Crippen LogP contribution in [0, 0.1) is 0 Å². The molecule has 1 atom stereocenters. The number of hydrogen-bond donors (Lipinski definition) is 1. The molecule has 1 aromatic heterocycles. The van der Waals surface area contributed by atoms with Crippen LogP contribution in [0.3, 0.4) is 0 Å². The number of rotatable bonds is 5. The highest BCUT2D eigenvalue weighted by Gasteiger charge is 2.08. The summed E-state index contributed by atoms with van der Waals surface area (Å²) in [5.41, 5.74) is 1.03. The second-order valence-corrected chi connectivity index (χ2v) is 3.55. The standard InChI is InChI=1S/C11H15ClN2/c1-3-4-5-10(13-2)11-7-6-9(12)8-14-11/h3,6-8,10,13H,1,4-5H2,2H3. The van der Waals surface area contributed by atoms with Crippen molar-refractivity contribution < 1.29 is 0 Å². The van der Waals surface area contributed by atoms with E-state index in [0.29, 0.717) is 5.02 Å². The SMILES string of the molecule is C=CCCC(NC)c1ccc(Cl)cn1. The molecule has 76 valence electrons. The van der Waals surface area contributed by atoms with Gasteiger partial charge >= 0.3 is 0 Å². The second kappa shape index (κ2) is 5.78. The van der Waals surface area contributed by atoms with E-state index in [1.807, 2.05) is 25.3 Å². The van der Waals surface area contributed by atoms with E-state index in [9.17, 15) is 0 Å². The van der Waals surface area contributed by atoms with Gasteiger partial charge in [0.1, 0.15) is 0 Å². The average Bonchev–Trinajstić information content (AvgIpc) is 2.21. The molecule has 2 nitrogen and oxygen atoms in total. The zero-order chi connectivity index (χ0) is 10.4. The second-order valence-electron chi connectivity index (χ2n) is 3.11. The summed E-state index contributed by atoms with van der Waals surface area (Å²) in [5, 5.41) is 3.89. The molecule has 0 spiro atoms. The lowest BCUT2D eigenvalue weighted by Crippen LogP contribution is -2.17. The Hall–Kier alpha value is -0.860. The Morgan fingerprint density at radius 2 is 2.43 bits per heavy atom. The molecule has 0 saturated carbocycles. The first kappa shape index (κ1) is 11.2. The van der Waals surface area contributed by atoms with Crippen molar-refractivity contribution in [2.24, 2.45) is 0 Å². The van der Waals surface area contributed by atoms with Gasteiger partial charge < -0.3 is 5.32 Å². The summed E-state index contributed by atoms with van der Waals surface area (Å²) in [6.45, 7) is 3.71. The van der Waals surface area contributed by atoms with Crippen LogP contribution < -0.4 is 5.32 Å². The minimum Gasteiger partial charge on any atom is -0.312 e. The fourth-order valence-electron chi connectivity index (χ4n) is 1.32. The van der Waals surface area contributed by atoms with Crippen LogP contribution in [0.2, 0.25) is 5.02 Å². The zero-order valence-electron chi connectivity index (χ0n) is 8.33. The van der Waals surface area contributed by atoms with E-state index in [4.69, 9.17) is 11.6 Å². The molecule has 0 radical (unpaired) electrons. The molecule has 0 aromatic carbocycles. The smallest absolute Gasteiger partial charge is 0.0589 e. The van der Waals surface area contributed by atoms with Gasteiger partial charge in [0.25, 0.3) is 0 Å². The third-order valence-corrected chi connectivity index (χ3v) is 2.34. The topological polar surface area (TPSA) is 24.9 Å². The number of nitrogens with zero attached hydrogens (tertiary/aromatic N) is 1. The third kappa shape index (κ3) is 3.13. The Morgan fingerprint density at radius 3 is 2.93 bits per heavy atom. The Bertz CT molecular complexity index is 282. The molecule has 0 aliphatic heterocycles. The summed E-state index contributed by atoms with van der Waals surface area (Å²) in [5.74, 6) is 0. The minimum atomic E-state index is 0.283. The van der Waals surface area contributed by atoms with Crippen molar-refractivity contribution in [2.75, 3.05) is 7.05 Å². The van der Waals surface area contributed by atoms with Crippen molar-refractivity contribution in [2.45, 2.75) is 18.9 Å². The number of allylic oxidation sites excluding steroid dienone is 1. The Kier molecular flexibility index (Phi) is 4.63. The number of pyridine rings is 1. The molecule has 14 heavy (non-hydrogen) atoms. The Morgan fingerprint density at radius 1 is 1.64 bits per heavy atom. The predicted octanol–water partition coefficient (Wildman–Crippen LogP) is 2.96. The summed E-state index contributed by atoms with van der Waals surface area (Å²) in [6.07, 6.45) is 5.58. The Labute approximate surface area is 90.0 Å². The van der Waals surface area contributed by atoms with Gasteiger partial charge in [-0.25, -0.2) is 0 Å². The molecule has 0 saturated heterocycles. The van der Waals surface area contributed by atoms with E-state index >= 15 is 0 Å². The Balaban J connectivity index is 2.68. The van der Waals surface area contributed by atoms with E-state index in [1.165, 1.54) is 0 Å². The molecule has 3 heteroatoms. The van der Waals surface area contributed by atoms with Crippen molar-refractivity contribution in [1.82, 2.24) is 10.3 Å². The van der Waals surface area contributed by atoms with E-state index in [2.05, 4.69) is 16.9 Å². The van der Waals surface area contributed by atoms with Gasteiger partial charge in [0.15, 0.2) is 0 Å². The molecule has 0 fully saturated rings. The predicted molar refractivity (Wildman–Crippen MR) is 60.5 cm³/mol. The fourth-order valence-corrected chi connectivity index (χ4v) is 1.43. The van der Waals surface area contributed by atoms with Gasteiger partial charge in [-0.05, 0) is 32.0 Å². The molecule has 1 heterocycles. The van der Waals surface area contributed by atoms with Gasteiger partial charge in [0.05, 0.1) is 10.7 Å². The largest absolute Gasteiger partial charge is 0.312 e. The molecule has 0 aliphatic rings. The lowest BCUT2D eigenvalue weighted by atomic mass is 10.1. The summed E-state index contributed by atoms with van der Waals surface area (Å²) in [6, 6.07) is 4.10. The number of nitrogens with one attached hydrogen (secondary N) is 1. The monoisotopic (exact) mass is 210 g/mol. The molecule has 0 amide bonds. The summed E-state index contributed by atoms with van der Waals surface area (Å²) in [4.78, 5) is 4.27. The molecule has 0 aliphatic carbocycles. The highest BCUT2D eigenvalue weighted by atomic mass is 35.5. The molecule has 1 unspecified atom stereocenters. The molecule has 1 N–H and O–H groups in total. The van der Waals surface area contributed by atoms with E-state index < -0.39 is 0 Å². The number of aromatic nitrogens is 1. The minimum absolute atomic E-state index is 0.283. The molecule has 1 aromatic rings. The van der Waals surface area contributed by atoms with Gasteiger partial charge in [-0.2, -0.15) is 0 Å². The van der Waals surface area contributed by atoms with Crippen LogP contribution in [-0.2, 0) is 0 Å². The summed E-state index contributed by atoms with van der Waals surface area (Å²) >= 11 is 5.76. The van der Waals surface area contributed by atoms with Crippen LogP contribution in [-0.4, -0.2) is 12.0 Å². The van der Waals surface area contributed by atoms with Gasteiger partial charge in [-0.15, -0.1) is 6.58 Å². The van der Waals surface area contributed by atoms with Crippen LogP contribution in [0.1, 0.15) is 24.6 Å². The first-order chi connectivity index (χ1) is 6.77. The van der Waals surface area contributed by atoms with E-state index in [0.717, 1.165) is 18.5 Å². The van der Waals surface area contributed by atoms with Crippen LogP contribution in [0.4, 0.5) is 0 Å². The van der Waals surface area contributed by atoms with Crippen LogP contribution in [0.15, 0.2) is 31.0 Å². The summed E-state index contributed by atoms with van der Waals surface area (Å²) < 4.78 is 0. The van der Waals surface area contributed by atoms with Crippen molar-refractivity contribution in [3.8, 4) is 0 Å². The van der Waals surface area contributed by atoms with Crippen molar-refractivity contribution in [3.63, 3.8) is 0 Å². The molecular weight excluding hydrogens is 196 g/mol. The van der Waals surface area contributed by atoms with Crippen LogP contribution in [0.25, 0.3) is 0 Å². The van der Waals surface area contributed by atoms with Crippen molar-refractivity contribution in [3.05, 3.63) is 41.7 Å². The molecule has 0 bridgehead atoms.